The van der Waals surface area contributed by atoms with E-state index in [9.17, 15) is 23.6 Å². The van der Waals surface area contributed by atoms with Gasteiger partial charge < -0.3 is 25.6 Å². The molecule has 0 radical (unpaired) electrons. The summed E-state index contributed by atoms with van der Waals surface area (Å²) in [5.74, 6) is -0.820. The van der Waals surface area contributed by atoms with Crippen molar-refractivity contribution >= 4 is 29.6 Å². The molecule has 3 heterocycles. The van der Waals surface area contributed by atoms with Gasteiger partial charge in [-0.25, -0.2) is 14.0 Å². The summed E-state index contributed by atoms with van der Waals surface area (Å²) in [4.78, 5) is 53.9. The van der Waals surface area contributed by atoms with Gasteiger partial charge in [0.15, 0.2) is 5.54 Å². The Balaban J connectivity index is 1.35. The van der Waals surface area contributed by atoms with Crippen molar-refractivity contribution in [2.75, 3.05) is 32.1 Å². The topological polar surface area (TPSA) is 120 Å². The maximum Gasteiger partial charge on any atom is 0.325 e. The van der Waals surface area contributed by atoms with Crippen LogP contribution in [-0.4, -0.2) is 60.4 Å². The first-order chi connectivity index (χ1) is 17.3. The molecule has 0 bridgehead atoms. The van der Waals surface area contributed by atoms with Crippen LogP contribution in [0.2, 0.25) is 0 Å². The molecule has 36 heavy (non-hydrogen) atoms. The fourth-order valence-electron chi connectivity index (χ4n) is 5.01. The van der Waals surface area contributed by atoms with Crippen molar-refractivity contribution in [2.45, 2.75) is 31.3 Å². The number of nitrogens with one attached hydrogen (secondary N) is 3. The number of urea groups is 2. The minimum absolute atomic E-state index is 0.170. The van der Waals surface area contributed by atoms with E-state index in [2.05, 4.69) is 16.0 Å². The first-order valence-electron chi connectivity index (χ1n) is 11.8. The number of halogens is 1. The summed E-state index contributed by atoms with van der Waals surface area (Å²) >= 11 is 0. The summed E-state index contributed by atoms with van der Waals surface area (Å²) in [5.41, 5.74) is 1.31. The highest BCUT2D eigenvalue weighted by Gasteiger charge is 2.55. The van der Waals surface area contributed by atoms with Crippen LogP contribution in [-0.2, 0) is 28.1 Å². The van der Waals surface area contributed by atoms with E-state index in [1.54, 1.807) is 29.2 Å². The third-order valence-electron chi connectivity index (χ3n) is 6.89. The molecule has 10 nitrogen and oxygen atoms in total. The quantitative estimate of drug-likeness (QED) is 0.564. The molecule has 1 saturated heterocycles. The zero-order valence-corrected chi connectivity index (χ0v) is 19.7. The Morgan fingerprint density at radius 1 is 1.17 bits per heavy atom. The van der Waals surface area contributed by atoms with E-state index >= 15 is 0 Å². The average molecular weight is 496 g/mol. The number of ether oxygens (including phenoxy) is 1. The number of carbonyl (C=O) groups is 4. The van der Waals surface area contributed by atoms with E-state index < -0.39 is 30.1 Å². The molecule has 1 fully saturated rings. The molecule has 11 heteroatoms. The number of hydrogen-bond acceptors (Lipinski definition) is 5. The summed E-state index contributed by atoms with van der Waals surface area (Å²) in [6, 6.07) is 8.32. The number of fused-ring (bicyclic) bond motifs is 3. The summed E-state index contributed by atoms with van der Waals surface area (Å²) < 4.78 is 19.3. The standard InChI is InChI=1S/C25H26FN5O5/c1-27-23(34)28-18-6-7-19-20(12-18)36-10-8-25(19)22(33)31(24(35)29-25)14-21(32)30-9-2-3-15-11-17(26)5-4-16(15)13-30/h4-7,11-12H,2-3,8-10,13-14H2,1H3,(H,29,35)(H2,27,28,34)/t25-/m0/s1. The van der Waals surface area contributed by atoms with Gasteiger partial charge in [-0.05, 0) is 42.2 Å². The fraction of sp³-hybridized carbons (Fsp3) is 0.360. The second-order valence-corrected chi connectivity index (χ2v) is 9.07. The molecule has 6 amide bonds. The van der Waals surface area contributed by atoms with Crippen molar-refractivity contribution in [3.8, 4) is 5.75 Å². The largest absolute Gasteiger partial charge is 0.493 e. The zero-order valence-electron chi connectivity index (χ0n) is 19.7. The van der Waals surface area contributed by atoms with Crippen LogP contribution in [0, 0.1) is 5.82 Å². The SMILES string of the molecule is CNC(=O)Nc1ccc2c(c1)OCC[C@]21NC(=O)N(CC(=O)N2CCCc3cc(F)ccc3C2)C1=O. The second-order valence-electron chi connectivity index (χ2n) is 9.07. The van der Waals surface area contributed by atoms with Crippen LogP contribution >= 0.6 is 0 Å². The zero-order chi connectivity index (χ0) is 25.4. The number of nitrogens with zero attached hydrogens (tertiary/aromatic N) is 2. The molecule has 0 aromatic heterocycles. The smallest absolute Gasteiger partial charge is 0.325 e. The molecule has 188 valence electrons. The Morgan fingerprint density at radius 2 is 2.00 bits per heavy atom. The van der Waals surface area contributed by atoms with Crippen molar-refractivity contribution in [1.29, 1.82) is 0 Å². The van der Waals surface area contributed by atoms with Crippen molar-refractivity contribution in [1.82, 2.24) is 20.4 Å². The van der Waals surface area contributed by atoms with Crippen molar-refractivity contribution in [3.05, 3.63) is 58.9 Å². The van der Waals surface area contributed by atoms with Gasteiger partial charge in [-0.3, -0.25) is 14.5 Å². The van der Waals surface area contributed by atoms with Gasteiger partial charge in [-0.1, -0.05) is 12.1 Å². The summed E-state index contributed by atoms with van der Waals surface area (Å²) in [6.07, 6.45) is 1.51. The highest BCUT2D eigenvalue weighted by Crippen LogP contribution is 2.42. The minimum atomic E-state index is -1.35. The fourth-order valence-corrected chi connectivity index (χ4v) is 5.01. The van der Waals surface area contributed by atoms with Gasteiger partial charge in [-0.2, -0.15) is 0 Å². The lowest BCUT2D eigenvalue weighted by Crippen LogP contribution is -2.48. The molecule has 5 rings (SSSR count). The Bertz CT molecular complexity index is 1270. The van der Waals surface area contributed by atoms with Gasteiger partial charge in [-0.15, -0.1) is 0 Å². The lowest BCUT2D eigenvalue weighted by Gasteiger charge is -2.33. The highest BCUT2D eigenvalue weighted by atomic mass is 19.1. The monoisotopic (exact) mass is 495 g/mol. The van der Waals surface area contributed by atoms with Crippen molar-refractivity contribution in [2.24, 2.45) is 0 Å². The maximum atomic E-state index is 13.6. The number of benzene rings is 2. The molecular formula is C25H26FN5O5. The molecule has 2 aromatic carbocycles. The first kappa shape index (κ1) is 23.6. The predicted molar refractivity (Wildman–Crippen MR) is 127 cm³/mol. The third-order valence-corrected chi connectivity index (χ3v) is 6.89. The molecule has 0 unspecified atom stereocenters. The summed E-state index contributed by atoms with van der Waals surface area (Å²) in [6.45, 7) is 0.516. The highest BCUT2D eigenvalue weighted by molar-refractivity contribution is 6.10. The van der Waals surface area contributed by atoms with Crippen molar-refractivity contribution < 1.29 is 28.3 Å². The predicted octanol–water partition coefficient (Wildman–Crippen LogP) is 2.08. The van der Waals surface area contributed by atoms with E-state index in [-0.39, 0.29) is 24.8 Å². The van der Waals surface area contributed by atoms with E-state index in [1.807, 2.05) is 0 Å². The number of anilines is 1. The van der Waals surface area contributed by atoms with Gasteiger partial charge in [0.2, 0.25) is 5.91 Å². The molecule has 1 spiro atoms. The summed E-state index contributed by atoms with van der Waals surface area (Å²) in [5, 5.41) is 7.88. The second kappa shape index (κ2) is 9.14. The molecule has 0 saturated carbocycles. The Morgan fingerprint density at radius 3 is 2.81 bits per heavy atom. The first-order valence-corrected chi connectivity index (χ1v) is 11.8. The molecule has 1 atom stereocenters. The number of aryl methyl sites for hydroxylation is 1. The number of rotatable bonds is 3. The van der Waals surface area contributed by atoms with E-state index in [1.165, 1.54) is 19.2 Å². The van der Waals surface area contributed by atoms with Crippen LogP contribution in [0.5, 0.6) is 5.75 Å². The third kappa shape index (κ3) is 4.10. The molecule has 0 aliphatic carbocycles. The van der Waals surface area contributed by atoms with Crippen LogP contribution in [0.15, 0.2) is 36.4 Å². The Hall–Kier alpha value is -4.15. The molecule has 3 N–H and O–H groups in total. The van der Waals surface area contributed by atoms with Crippen LogP contribution in [0.3, 0.4) is 0 Å². The van der Waals surface area contributed by atoms with Crippen molar-refractivity contribution in [3.63, 3.8) is 0 Å². The summed E-state index contributed by atoms with van der Waals surface area (Å²) in [7, 11) is 1.49. The van der Waals surface area contributed by atoms with Gasteiger partial charge in [0.05, 0.1) is 6.61 Å². The van der Waals surface area contributed by atoms with Crippen LogP contribution in [0.1, 0.15) is 29.5 Å². The van der Waals surface area contributed by atoms with E-state index in [0.717, 1.165) is 16.0 Å². The number of hydrogen-bond donors (Lipinski definition) is 3. The van der Waals surface area contributed by atoms with Gasteiger partial charge >= 0.3 is 12.1 Å². The lowest BCUT2D eigenvalue weighted by atomic mass is 9.84. The molecule has 3 aliphatic rings. The van der Waals surface area contributed by atoms with E-state index in [0.29, 0.717) is 42.9 Å². The average Bonchev–Trinajstić information content (AvgIpc) is 3.00. The van der Waals surface area contributed by atoms with Crippen LogP contribution in [0.25, 0.3) is 0 Å². The normalized spacial score (nSPS) is 20.7. The number of carbonyl (C=O) groups excluding carboxylic acids is 4. The van der Waals surface area contributed by atoms with Crippen LogP contribution < -0.4 is 20.7 Å². The maximum absolute atomic E-state index is 13.6. The number of imide groups is 1. The Kier molecular flexibility index (Phi) is 5.99. The van der Waals surface area contributed by atoms with Gasteiger partial charge in [0.1, 0.15) is 18.1 Å². The minimum Gasteiger partial charge on any atom is -0.493 e. The van der Waals surface area contributed by atoms with Gasteiger partial charge in [0, 0.05) is 43.9 Å². The molecular weight excluding hydrogens is 469 g/mol. The van der Waals surface area contributed by atoms with Crippen LogP contribution in [0.4, 0.5) is 19.7 Å². The molecule has 2 aromatic rings. The molecule has 3 aliphatic heterocycles. The van der Waals surface area contributed by atoms with Gasteiger partial charge in [0.25, 0.3) is 5.91 Å². The van der Waals surface area contributed by atoms with E-state index in [4.69, 9.17) is 4.74 Å². The Labute approximate surface area is 206 Å². The number of amides is 6. The lowest BCUT2D eigenvalue weighted by molar-refractivity contribution is -0.140.